The van der Waals surface area contributed by atoms with Crippen LogP contribution in [0.2, 0.25) is 0 Å². The van der Waals surface area contributed by atoms with Crippen LogP contribution < -0.4 is 0 Å². The van der Waals surface area contributed by atoms with Gasteiger partial charge in [0.05, 0.1) is 0 Å². The molecule has 0 rings (SSSR count). The molecule has 0 aliphatic rings. The van der Waals surface area contributed by atoms with Gasteiger partial charge in [0.15, 0.2) is 0 Å². The fraction of sp³-hybridized carbons (Fsp3) is 1.00. The molecule has 0 heterocycles. The van der Waals surface area contributed by atoms with Gasteiger partial charge >= 0.3 is 0 Å². The molecular formula is C8H17F. The van der Waals surface area contributed by atoms with Gasteiger partial charge in [-0.25, -0.2) is 4.39 Å². The lowest BCUT2D eigenvalue weighted by Gasteiger charge is -2.22. The van der Waals surface area contributed by atoms with E-state index in [1.54, 1.807) is 13.8 Å². The second-order valence-electron chi connectivity index (χ2n) is 3.25. The van der Waals surface area contributed by atoms with Gasteiger partial charge in [0.25, 0.3) is 0 Å². The monoisotopic (exact) mass is 132 g/mol. The van der Waals surface area contributed by atoms with E-state index in [1.807, 2.05) is 6.92 Å². The molecule has 0 aliphatic heterocycles. The molecule has 0 radical (unpaired) electrons. The summed E-state index contributed by atoms with van der Waals surface area (Å²) in [5.41, 5.74) is -0.990. The lowest BCUT2D eigenvalue weighted by Crippen LogP contribution is -2.22. The first kappa shape index (κ1) is 8.93. The van der Waals surface area contributed by atoms with E-state index in [-0.39, 0.29) is 5.92 Å². The maximum absolute atomic E-state index is 13.0. The summed E-state index contributed by atoms with van der Waals surface area (Å²) in [5, 5.41) is 0. The Morgan fingerprint density at radius 1 is 1.44 bits per heavy atom. The van der Waals surface area contributed by atoms with Crippen LogP contribution in [0.5, 0.6) is 0 Å². The zero-order chi connectivity index (χ0) is 7.49. The van der Waals surface area contributed by atoms with E-state index in [2.05, 4.69) is 6.92 Å². The van der Waals surface area contributed by atoms with Crippen LogP contribution in [-0.4, -0.2) is 5.67 Å². The Bertz CT molecular complexity index is 71.1. The molecule has 0 aromatic carbocycles. The first-order chi connectivity index (χ1) is 3.98. The first-order valence-corrected chi connectivity index (χ1v) is 3.67. The minimum atomic E-state index is -0.990. The standard InChI is InChI=1S/C8H17F/c1-5-6-7(2)8(3,4)9/h7H,5-6H2,1-4H3. The molecule has 1 heteroatoms. The van der Waals surface area contributed by atoms with E-state index >= 15 is 0 Å². The van der Waals surface area contributed by atoms with E-state index in [4.69, 9.17) is 0 Å². The largest absolute Gasteiger partial charge is 0.244 e. The van der Waals surface area contributed by atoms with Crippen molar-refractivity contribution < 1.29 is 4.39 Å². The Balaban J connectivity index is 3.59. The summed E-state index contributed by atoms with van der Waals surface area (Å²) in [7, 11) is 0. The van der Waals surface area contributed by atoms with Crippen molar-refractivity contribution in [1.29, 1.82) is 0 Å². The molecule has 0 aromatic rings. The van der Waals surface area contributed by atoms with Crippen LogP contribution in [0.15, 0.2) is 0 Å². The molecule has 0 nitrogen and oxygen atoms in total. The van der Waals surface area contributed by atoms with Crippen LogP contribution in [0.1, 0.15) is 40.5 Å². The molecule has 0 saturated carbocycles. The van der Waals surface area contributed by atoms with Gasteiger partial charge in [-0.3, -0.25) is 0 Å². The highest BCUT2D eigenvalue weighted by Crippen LogP contribution is 2.24. The second-order valence-corrected chi connectivity index (χ2v) is 3.25. The van der Waals surface area contributed by atoms with Gasteiger partial charge in [0.2, 0.25) is 0 Å². The van der Waals surface area contributed by atoms with E-state index in [9.17, 15) is 4.39 Å². The van der Waals surface area contributed by atoms with Gasteiger partial charge < -0.3 is 0 Å². The van der Waals surface area contributed by atoms with Gasteiger partial charge in [0, 0.05) is 0 Å². The Labute approximate surface area is 57.5 Å². The minimum absolute atomic E-state index is 0.197. The number of hydrogen-bond donors (Lipinski definition) is 0. The molecule has 0 saturated heterocycles. The smallest absolute Gasteiger partial charge is 0.108 e. The van der Waals surface area contributed by atoms with Gasteiger partial charge in [-0.2, -0.15) is 0 Å². The summed E-state index contributed by atoms with van der Waals surface area (Å²) in [6.45, 7) is 7.34. The molecule has 0 fully saturated rings. The Morgan fingerprint density at radius 2 is 1.89 bits per heavy atom. The summed E-state index contributed by atoms with van der Waals surface area (Å²) in [6.07, 6.45) is 2.07. The van der Waals surface area contributed by atoms with Crippen molar-refractivity contribution in [2.75, 3.05) is 0 Å². The summed E-state index contributed by atoms with van der Waals surface area (Å²) in [4.78, 5) is 0. The number of hydrogen-bond acceptors (Lipinski definition) is 0. The zero-order valence-corrected chi connectivity index (χ0v) is 6.87. The summed E-state index contributed by atoms with van der Waals surface area (Å²) in [5.74, 6) is 0.197. The highest BCUT2D eigenvalue weighted by molar-refractivity contribution is 4.72. The highest BCUT2D eigenvalue weighted by Gasteiger charge is 2.23. The molecule has 0 aromatic heterocycles. The molecule has 0 bridgehead atoms. The van der Waals surface area contributed by atoms with Crippen molar-refractivity contribution in [1.82, 2.24) is 0 Å². The molecule has 9 heavy (non-hydrogen) atoms. The molecule has 0 amide bonds. The molecule has 0 aliphatic carbocycles. The van der Waals surface area contributed by atoms with Gasteiger partial charge in [-0.1, -0.05) is 20.3 Å². The second kappa shape index (κ2) is 3.19. The third kappa shape index (κ3) is 3.50. The molecule has 1 atom stereocenters. The third-order valence-electron chi connectivity index (χ3n) is 1.89. The zero-order valence-electron chi connectivity index (χ0n) is 6.87. The van der Waals surface area contributed by atoms with Crippen molar-refractivity contribution >= 4 is 0 Å². The van der Waals surface area contributed by atoms with Crippen LogP contribution in [0.4, 0.5) is 4.39 Å². The number of rotatable bonds is 3. The fourth-order valence-electron chi connectivity index (χ4n) is 0.776. The van der Waals surface area contributed by atoms with E-state index in [0.717, 1.165) is 12.8 Å². The van der Waals surface area contributed by atoms with Crippen molar-refractivity contribution in [2.45, 2.75) is 46.2 Å². The van der Waals surface area contributed by atoms with E-state index in [0.29, 0.717) is 0 Å². The molecular weight excluding hydrogens is 115 g/mol. The normalized spacial score (nSPS) is 15.7. The van der Waals surface area contributed by atoms with Gasteiger partial charge in [-0.05, 0) is 26.2 Å². The van der Waals surface area contributed by atoms with Crippen LogP contribution in [0, 0.1) is 5.92 Å². The van der Waals surface area contributed by atoms with Crippen molar-refractivity contribution in [3.05, 3.63) is 0 Å². The average Bonchev–Trinajstić information content (AvgIpc) is 1.64. The minimum Gasteiger partial charge on any atom is -0.244 e. The topological polar surface area (TPSA) is 0 Å². The number of alkyl halides is 1. The Morgan fingerprint density at radius 3 is 2.00 bits per heavy atom. The maximum Gasteiger partial charge on any atom is 0.108 e. The van der Waals surface area contributed by atoms with Gasteiger partial charge in [0.1, 0.15) is 5.67 Å². The van der Waals surface area contributed by atoms with Crippen LogP contribution >= 0.6 is 0 Å². The lowest BCUT2D eigenvalue weighted by atomic mass is 9.91. The van der Waals surface area contributed by atoms with Crippen LogP contribution in [0.25, 0.3) is 0 Å². The molecule has 0 N–H and O–H groups in total. The lowest BCUT2D eigenvalue weighted by molar-refractivity contribution is 0.129. The SMILES string of the molecule is CCCC(C)C(C)(C)F. The predicted molar refractivity (Wildman–Crippen MR) is 39.3 cm³/mol. The van der Waals surface area contributed by atoms with Crippen LogP contribution in [-0.2, 0) is 0 Å². The molecule has 56 valence electrons. The highest BCUT2D eigenvalue weighted by atomic mass is 19.1. The average molecular weight is 132 g/mol. The molecule has 0 spiro atoms. The molecule has 1 unspecified atom stereocenters. The van der Waals surface area contributed by atoms with Gasteiger partial charge in [-0.15, -0.1) is 0 Å². The Kier molecular flexibility index (Phi) is 3.16. The number of halogens is 1. The first-order valence-electron chi connectivity index (χ1n) is 3.67. The maximum atomic E-state index is 13.0. The Hall–Kier alpha value is -0.0700. The van der Waals surface area contributed by atoms with E-state index < -0.39 is 5.67 Å². The van der Waals surface area contributed by atoms with Crippen molar-refractivity contribution in [3.63, 3.8) is 0 Å². The van der Waals surface area contributed by atoms with Crippen LogP contribution in [0.3, 0.4) is 0 Å². The predicted octanol–water partition coefficient (Wildman–Crippen LogP) is 3.17. The van der Waals surface area contributed by atoms with E-state index in [1.165, 1.54) is 0 Å². The fourth-order valence-corrected chi connectivity index (χ4v) is 0.776. The quantitative estimate of drug-likeness (QED) is 0.553. The summed E-state index contributed by atoms with van der Waals surface area (Å²) >= 11 is 0. The summed E-state index contributed by atoms with van der Waals surface area (Å²) in [6, 6.07) is 0. The third-order valence-corrected chi connectivity index (χ3v) is 1.89. The van der Waals surface area contributed by atoms with Crippen molar-refractivity contribution in [3.8, 4) is 0 Å². The summed E-state index contributed by atoms with van der Waals surface area (Å²) < 4.78 is 13.0. The van der Waals surface area contributed by atoms with Crippen molar-refractivity contribution in [2.24, 2.45) is 5.92 Å².